The Hall–Kier alpha value is -0.0526. The summed E-state index contributed by atoms with van der Waals surface area (Å²) >= 11 is 0. The number of ether oxygens (including phenoxy) is 1. The van der Waals surface area contributed by atoms with E-state index in [1.54, 1.807) is 0 Å². The molecule has 5 nitrogen and oxygen atoms in total. The minimum Gasteiger partial charge on any atom is -0.660 e. The summed E-state index contributed by atoms with van der Waals surface area (Å²) in [5, 5.41) is 4.39. The molecule has 0 aromatic rings. The minimum atomic E-state index is -0.0548. The van der Waals surface area contributed by atoms with Crippen molar-refractivity contribution in [1.29, 1.82) is 0 Å². The second-order valence-corrected chi connectivity index (χ2v) is 6.17. The Morgan fingerprint density at radius 3 is 2.68 bits per heavy atom. The van der Waals surface area contributed by atoms with Crippen molar-refractivity contribution < 1.29 is 28.4 Å². The first-order valence-corrected chi connectivity index (χ1v) is 8.55. The summed E-state index contributed by atoms with van der Waals surface area (Å²) in [5.74, 6) is -0.0548. The first-order valence-electron chi connectivity index (χ1n) is 8.55. The maximum absolute atomic E-state index is 11.8. The van der Waals surface area contributed by atoms with Gasteiger partial charge in [0.15, 0.2) is 0 Å². The van der Waals surface area contributed by atoms with Gasteiger partial charge in [0.2, 0.25) is 0 Å². The molecule has 0 radical (unpaired) electrons. The largest absolute Gasteiger partial charge is 1.00 e. The van der Waals surface area contributed by atoms with E-state index in [0.29, 0.717) is 19.2 Å². The van der Waals surface area contributed by atoms with Crippen molar-refractivity contribution >= 4 is 5.97 Å². The van der Waals surface area contributed by atoms with Crippen LogP contribution in [-0.2, 0) is 9.53 Å². The molecule has 122 valence electrons. The smallest absolute Gasteiger partial charge is 0.660 e. The van der Waals surface area contributed by atoms with Gasteiger partial charge < -0.3 is 15.0 Å². The molecule has 1 unspecified atom stereocenters. The zero-order valence-electron chi connectivity index (χ0n) is 14.4. The van der Waals surface area contributed by atoms with Crippen molar-refractivity contribution in [2.75, 3.05) is 52.4 Å². The van der Waals surface area contributed by atoms with Crippen molar-refractivity contribution in [3.63, 3.8) is 0 Å². The van der Waals surface area contributed by atoms with E-state index >= 15 is 0 Å². The number of rotatable bonds is 8. The summed E-state index contributed by atoms with van der Waals surface area (Å²) in [7, 11) is 0. The molecule has 0 N–H and O–H groups in total. The number of esters is 1. The Bertz CT molecular complexity index is 312. The van der Waals surface area contributed by atoms with Gasteiger partial charge in [0, 0.05) is 19.1 Å². The van der Waals surface area contributed by atoms with E-state index in [2.05, 4.69) is 22.0 Å². The molecule has 2 fully saturated rings. The number of hydrogen-bond acceptors (Lipinski definition) is 4. The quantitative estimate of drug-likeness (QED) is 0.324. The van der Waals surface area contributed by atoms with Crippen LogP contribution in [0.2, 0.25) is 0 Å². The summed E-state index contributed by atoms with van der Waals surface area (Å²) in [5.41, 5.74) is 0. The normalized spacial score (nSPS) is 23.2. The van der Waals surface area contributed by atoms with Crippen molar-refractivity contribution in [2.45, 2.75) is 45.1 Å². The zero-order chi connectivity index (χ0) is 14.9. The molecule has 2 aliphatic rings. The van der Waals surface area contributed by atoms with Gasteiger partial charge in [-0.2, -0.15) is 0 Å². The third-order valence-electron chi connectivity index (χ3n) is 4.47. The van der Waals surface area contributed by atoms with Gasteiger partial charge in [-0.1, -0.05) is 26.2 Å². The first kappa shape index (κ1) is 20.0. The summed E-state index contributed by atoms with van der Waals surface area (Å²) in [4.78, 5) is 16.6. The molecule has 0 spiro atoms. The molecular weight excluding hydrogens is 273 g/mol. The monoisotopic (exact) mass is 303 g/mol. The molecule has 6 heteroatoms. The van der Waals surface area contributed by atoms with Crippen LogP contribution in [0, 0.1) is 0 Å². The molecule has 0 aliphatic carbocycles. The summed E-state index contributed by atoms with van der Waals surface area (Å²) in [6.45, 7) is 9.36. The second-order valence-electron chi connectivity index (χ2n) is 6.17. The number of nitrogens with zero attached hydrogens (tertiary/aromatic N) is 3. The van der Waals surface area contributed by atoms with Crippen LogP contribution in [0.25, 0.3) is 5.32 Å². The van der Waals surface area contributed by atoms with Gasteiger partial charge in [-0.3, -0.25) is 9.69 Å². The van der Waals surface area contributed by atoms with Gasteiger partial charge >= 0.3 is 24.8 Å². The van der Waals surface area contributed by atoms with E-state index in [1.807, 2.05) is 0 Å². The molecule has 0 aromatic heterocycles. The van der Waals surface area contributed by atoms with Crippen molar-refractivity contribution in [3.05, 3.63) is 5.32 Å². The average molecular weight is 303 g/mol. The Morgan fingerprint density at radius 1 is 1.18 bits per heavy atom. The van der Waals surface area contributed by atoms with Crippen LogP contribution in [0.4, 0.5) is 0 Å². The average Bonchev–Trinajstić information content (AvgIpc) is 2.96. The number of piperazine rings is 1. The van der Waals surface area contributed by atoms with E-state index in [9.17, 15) is 4.79 Å². The van der Waals surface area contributed by atoms with Crippen molar-refractivity contribution in [1.82, 2.24) is 9.80 Å². The molecule has 2 rings (SSSR count). The molecule has 2 heterocycles. The maximum Gasteiger partial charge on any atom is 1.00 e. The molecule has 1 atom stereocenters. The topological polar surface area (TPSA) is 46.9 Å². The van der Waals surface area contributed by atoms with Crippen LogP contribution in [0.5, 0.6) is 0 Å². The fourth-order valence-electron chi connectivity index (χ4n) is 3.18. The molecule has 0 bridgehead atoms. The van der Waals surface area contributed by atoms with Gasteiger partial charge in [0.25, 0.3) is 0 Å². The molecule has 0 saturated carbocycles. The van der Waals surface area contributed by atoms with Crippen LogP contribution >= 0.6 is 0 Å². The molecule has 2 saturated heterocycles. The van der Waals surface area contributed by atoms with E-state index in [-0.39, 0.29) is 24.8 Å². The fourth-order valence-corrected chi connectivity index (χ4v) is 3.18. The predicted octanol–water partition coefficient (Wildman–Crippen LogP) is -1.12. The predicted molar refractivity (Wildman–Crippen MR) is 84.6 cm³/mol. The van der Waals surface area contributed by atoms with Gasteiger partial charge in [-0.15, -0.1) is 13.1 Å². The Labute approximate surface area is 147 Å². The molecule has 2 aliphatic heterocycles. The number of unbranched alkanes of at least 4 members (excludes halogenated alkanes) is 3. The molecule has 0 amide bonds. The molecule has 22 heavy (non-hydrogen) atoms. The summed E-state index contributed by atoms with van der Waals surface area (Å²) in [6.07, 6.45) is 5.78. The SMILES string of the molecule is CCCCCCOC(=O)CN1CCC(N2CC[N-]CC2)C1.[Li+]. The van der Waals surface area contributed by atoms with E-state index in [1.165, 1.54) is 19.3 Å². The Morgan fingerprint density at radius 2 is 1.95 bits per heavy atom. The maximum atomic E-state index is 11.8. The van der Waals surface area contributed by atoms with E-state index in [0.717, 1.165) is 52.1 Å². The van der Waals surface area contributed by atoms with Crippen molar-refractivity contribution in [2.24, 2.45) is 0 Å². The van der Waals surface area contributed by atoms with Crippen LogP contribution in [0.15, 0.2) is 0 Å². The Kier molecular flexibility index (Phi) is 10.4. The summed E-state index contributed by atoms with van der Waals surface area (Å²) in [6, 6.07) is 0.609. The fraction of sp³-hybridized carbons (Fsp3) is 0.938. The number of hydrogen-bond donors (Lipinski definition) is 0. The van der Waals surface area contributed by atoms with E-state index in [4.69, 9.17) is 4.74 Å². The number of likely N-dealkylation sites (tertiary alicyclic amines) is 1. The van der Waals surface area contributed by atoms with Crippen molar-refractivity contribution in [3.8, 4) is 0 Å². The summed E-state index contributed by atoms with van der Waals surface area (Å²) < 4.78 is 5.32. The number of carbonyl (C=O) groups excluding carboxylic acids is 1. The van der Waals surface area contributed by atoms with Crippen LogP contribution in [-0.4, -0.2) is 74.2 Å². The zero-order valence-corrected chi connectivity index (χ0v) is 14.4. The Balaban J connectivity index is 0.00000242. The standard InChI is InChI=1S/C16H30N3O2.Li/c1-2-3-4-5-12-21-16(20)14-18-9-6-15(13-18)19-10-7-17-8-11-19;/h15H,2-14H2,1H3;/q-1;+1. The van der Waals surface area contributed by atoms with Crippen LogP contribution in [0.3, 0.4) is 0 Å². The number of carbonyl (C=O) groups is 1. The molecule has 0 aromatic carbocycles. The first-order chi connectivity index (χ1) is 10.3. The van der Waals surface area contributed by atoms with Gasteiger partial charge in [-0.05, 0) is 25.9 Å². The third-order valence-corrected chi connectivity index (χ3v) is 4.47. The third kappa shape index (κ3) is 7.02. The van der Waals surface area contributed by atoms with Crippen LogP contribution in [0.1, 0.15) is 39.0 Å². The van der Waals surface area contributed by atoms with Gasteiger partial charge in [-0.25, -0.2) is 0 Å². The second kappa shape index (κ2) is 11.5. The van der Waals surface area contributed by atoms with Crippen LogP contribution < -0.4 is 18.9 Å². The molecular formula is C16H30LiN3O2. The minimum absolute atomic E-state index is 0. The van der Waals surface area contributed by atoms with Gasteiger partial charge in [0.1, 0.15) is 0 Å². The van der Waals surface area contributed by atoms with E-state index < -0.39 is 0 Å². The van der Waals surface area contributed by atoms with Gasteiger partial charge in [0.05, 0.1) is 13.2 Å².